The van der Waals surface area contributed by atoms with Crippen molar-refractivity contribution in [2.45, 2.75) is 39.5 Å². The molecule has 0 atom stereocenters. The van der Waals surface area contributed by atoms with Crippen LogP contribution in [0.4, 0.5) is 5.82 Å². The molecule has 0 aromatic carbocycles. The summed E-state index contributed by atoms with van der Waals surface area (Å²) in [5.41, 5.74) is 1.62. The predicted molar refractivity (Wildman–Crippen MR) is 61.8 cm³/mol. The number of hydrogen-bond acceptors (Lipinski definition) is 3. The molecule has 1 saturated carbocycles. The van der Waals surface area contributed by atoms with Gasteiger partial charge in [0.25, 0.3) is 0 Å². The Balaban J connectivity index is 1.92. The molecule has 1 aliphatic carbocycles. The van der Waals surface area contributed by atoms with Gasteiger partial charge in [-0.1, -0.05) is 19.8 Å². The summed E-state index contributed by atoms with van der Waals surface area (Å²) in [7, 11) is 0. The summed E-state index contributed by atoms with van der Waals surface area (Å²) in [5.74, 6) is 0.906. The lowest BCUT2D eigenvalue weighted by Gasteiger charge is -2.23. The molecule has 3 nitrogen and oxygen atoms in total. The zero-order valence-corrected chi connectivity index (χ0v) is 9.58. The summed E-state index contributed by atoms with van der Waals surface area (Å²) in [4.78, 5) is 0. The van der Waals surface area contributed by atoms with Crippen molar-refractivity contribution in [2.24, 2.45) is 5.41 Å². The normalized spacial score (nSPS) is 19.1. The smallest absolute Gasteiger partial charge is 0.148 e. The number of nitrogens with one attached hydrogen (secondary N) is 1. The van der Waals surface area contributed by atoms with Crippen molar-refractivity contribution >= 4 is 5.82 Å². The highest BCUT2D eigenvalue weighted by atomic mass is 15.2. The molecule has 82 valence electrons. The minimum absolute atomic E-state index is 0.464. The van der Waals surface area contributed by atoms with Crippen molar-refractivity contribution < 1.29 is 0 Å². The third-order valence-corrected chi connectivity index (χ3v) is 3.30. The quantitative estimate of drug-likeness (QED) is 0.824. The van der Waals surface area contributed by atoms with E-state index < -0.39 is 0 Å². The summed E-state index contributed by atoms with van der Waals surface area (Å²) >= 11 is 0. The van der Waals surface area contributed by atoms with E-state index in [1.807, 2.05) is 13.0 Å². The van der Waals surface area contributed by atoms with E-state index in [-0.39, 0.29) is 0 Å². The Labute approximate surface area is 91.3 Å². The number of rotatable bonds is 3. The van der Waals surface area contributed by atoms with Crippen molar-refractivity contribution in [2.75, 3.05) is 11.9 Å². The van der Waals surface area contributed by atoms with Gasteiger partial charge in [-0.3, -0.25) is 0 Å². The molecular formula is C12H19N3. The van der Waals surface area contributed by atoms with Gasteiger partial charge in [0, 0.05) is 6.54 Å². The lowest BCUT2D eigenvalue weighted by Crippen LogP contribution is -2.23. The highest BCUT2D eigenvalue weighted by Gasteiger charge is 2.28. The van der Waals surface area contributed by atoms with E-state index in [1.165, 1.54) is 25.7 Å². The van der Waals surface area contributed by atoms with Gasteiger partial charge >= 0.3 is 0 Å². The van der Waals surface area contributed by atoms with Crippen LogP contribution in [-0.4, -0.2) is 16.7 Å². The first-order valence-corrected chi connectivity index (χ1v) is 5.71. The first-order chi connectivity index (χ1) is 7.18. The summed E-state index contributed by atoms with van der Waals surface area (Å²) in [6.45, 7) is 5.42. The van der Waals surface area contributed by atoms with E-state index in [4.69, 9.17) is 0 Å². The van der Waals surface area contributed by atoms with Crippen LogP contribution in [0.5, 0.6) is 0 Å². The maximum absolute atomic E-state index is 4.07. The summed E-state index contributed by atoms with van der Waals surface area (Å²) < 4.78 is 0. The molecule has 3 heteroatoms. The largest absolute Gasteiger partial charge is 0.368 e. The van der Waals surface area contributed by atoms with E-state index >= 15 is 0 Å². The van der Waals surface area contributed by atoms with Gasteiger partial charge in [-0.2, -0.15) is 5.10 Å². The molecule has 15 heavy (non-hydrogen) atoms. The van der Waals surface area contributed by atoms with Gasteiger partial charge in [0.15, 0.2) is 0 Å². The topological polar surface area (TPSA) is 37.8 Å². The average molecular weight is 205 g/mol. The molecule has 0 aliphatic heterocycles. The minimum Gasteiger partial charge on any atom is -0.368 e. The SMILES string of the molecule is Cc1cnnc(NCC2(C)CCCC2)c1. The predicted octanol–water partition coefficient (Wildman–Crippen LogP) is 2.78. The molecule has 1 heterocycles. The second-order valence-electron chi connectivity index (χ2n) is 4.99. The van der Waals surface area contributed by atoms with Crippen LogP contribution in [0.3, 0.4) is 0 Å². The van der Waals surface area contributed by atoms with Crippen molar-refractivity contribution in [3.8, 4) is 0 Å². The van der Waals surface area contributed by atoms with Gasteiger partial charge < -0.3 is 5.32 Å². The average Bonchev–Trinajstić information content (AvgIpc) is 2.63. The molecule has 0 radical (unpaired) electrons. The zero-order valence-electron chi connectivity index (χ0n) is 9.58. The van der Waals surface area contributed by atoms with Gasteiger partial charge in [0.2, 0.25) is 0 Å². The lowest BCUT2D eigenvalue weighted by molar-refractivity contribution is 0.361. The Morgan fingerprint density at radius 3 is 2.80 bits per heavy atom. The first kappa shape index (κ1) is 10.4. The number of aromatic nitrogens is 2. The standard InChI is InChI=1S/C12H19N3/c1-10-7-11(15-14-8-10)13-9-12(2)5-3-4-6-12/h7-8H,3-6,9H2,1-2H3,(H,13,15). The molecular weight excluding hydrogens is 186 g/mol. The van der Waals surface area contributed by atoms with Crippen LogP contribution in [0, 0.1) is 12.3 Å². The van der Waals surface area contributed by atoms with Crippen molar-refractivity contribution in [1.82, 2.24) is 10.2 Å². The summed E-state index contributed by atoms with van der Waals surface area (Å²) in [6, 6.07) is 2.05. The fourth-order valence-electron chi connectivity index (χ4n) is 2.26. The summed E-state index contributed by atoms with van der Waals surface area (Å²) in [5, 5.41) is 11.4. The third-order valence-electron chi connectivity index (χ3n) is 3.30. The number of aryl methyl sites for hydroxylation is 1. The maximum Gasteiger partial charge on any atom is 0.148 e. The van der Waals surface area contributed by atoms with Crippen molar-refractivity contribution in [3.05, 3.63) is 17.8 Å². The molecule has 0 unspecified atom stereocenters. The second kappa shape index (κ2) is 4.17. The molecule has 1 aromatic heterocycles. The fourth-order valence-corrected chi connectivity index (χ4v) is 2.26. The van der Waals surface area contributed by atoms with Gasteiger partial charge in [0.1, 0.15) is 5.82 Å². The van der Waals surface area contributed by atoms with Gasteiger partial charge in [-0.25, -0.2) is 0 Å². The molecule has 1 N–H and O–H groups in total. The molecule has 0 amide bonds. The Kier molecular flexibility index (Phi) is 2.89. The molecule has 0 bridgehead atoms. The summed E-state index contributed by atoms with van der Waals surface area (Å²) in [6.07, 6.45) is 7.19. The number of nitrogens with zero attached hydrogens (tertiary/aromatic N) is 2. The molecule has 1 aliphatic rings. The second-order valence-corrected chi connectivity index (χ2v) is 4.99. The zero-order chi connectivity index (χ0) is 10.7. The number of anilines is 1. The van der Waals surface area contributed by atoms with Crippen LogP contribution in [0.1, 0.15) is 38.2 Å². The Morgan fingerprint density at radius 1 is 1.40 bits per heavy atom. The number of hydrogen-bond donors (Lipinski definition) is 1. The van der Waals surface area contributed by atoms with Crippen LogP contribution < -0.4 is 5.32 Å². The van der Waals surface area contributed by atoms with Crippen LogP contribution >= 0.6 is 0 Å². The van der Waals surface area contributed by atoms with E-state index in [0.29, 0.717) is 5.41 Å². The molecule has 0 saturated heterocycles. The van der Waals surface area contributed by atoms with E-state index in [9.17, 15) is 0 Å². The Morgan fingerprint density at radius 2 is 2.13 bits per heavy atom. The van der Waals surface area contributed by atoms with Crippen LogP contribution in [0.15, 0.2) is 12.3 Å². The monoisotopic (exact) mass is 205 g/mol. The van der Waals surface area contributed by atoms with Crippen LogP contribution in [0.2, 0.25) is 0 Å². The molecule has 2 rings (SSSR count). The maximum atomic E-state index is 4.07. The van der Waals surface area contributed by atoms with Crippen molar-refractivity contribution in [3.63, 3.8) is 0 Å². The lowest BCUT2D eigenvalue weighted by atomic mass is 9.89. The van der Waals surface area contributed by atoms with E-state index in [2.05, 4.69) is 22.4 Å². The van der Waals surface area contributed by atoms with Crippen molar-refractivity contribution in [1.29, 1.82) is 0 Å². The van der Waals surface area contributed by atoms with Gasteiger partial charge in [0.05, 0.1) is 6.20 Å². The van der Waals surface area contributed by atoms with E-state index in [1.54, 1.807) is 6.20 Å². The third kappa shape index (κ3) is 2.67. The van der Waals surface area contributed by atoms with Crippen LogP contribution in [-0.2, 0) is 0 Å². The highest BCUT2D eigenvalue weighted by molar-refractivity contribution is 5.35. The fraction of sp³-hybridized carbons (Fsp3) is 0.667. The molecule has 1 fully saturated rings. The Hall–Kier alpha value is -1.12. The molecule has 0 spiro atoms. The highest BCUT2D eigenvalue weighted by Crippen LogP contribution is 2.37. The minimum atomic E-state index is 0.464. The molecule has 1 aromatic rings. The first-order valence-electron chi connectivity index (χ1n) is 5.71. The Bertz CT molecular complexity index is 329. The van der Waals surface area contributed by atoms with Gasteiger partial charge in [-0.05, 0) is 36.8 Å². The van der Waals surface area contributed by atoms with E-state index in [0.717, 1.165) is 17.9 Å². The van der Waals surface area contributed by atoms with Crippen LogP contribution in [0.25, 0.3) is 0 Å². The van der Waals surface area contributed by atoms with Gasteiger partial charge in [-0.15, -0.1) is 5.10 Å².